The Morgan fingerprint density at radius 2 is 1.50 bits per heavy atom. The van der Waals surface area contributed by atoms with Crippen LogP contribution in [-0.2, 0) is 9.59 Å². The van der Waals surface area contributed by atoms with Gasteiger partial charge in [0, 0.05) is 30.0 Å². The average molecular weight is 492 g/mol. The first-order valence-corrected chi connectivity index (χ1v) is 11.4. The lowest BCUT2D eigenvalue weighted by atomic mass is 10.2. The highest BCUT2D eigenvalue weighted by Crippen LogP contribution is 2.39. The molecule has 0 heterocycles. The summed E-state index contributed by atoms with van der Waals surface area (Å²) in [5, 5.41) is 8.09. The maximum absolute atomic E-state index is 13.1. The normalized spacial score (nSPS) is 11.7. The molecule has 0 radical (unpaired) electrons. The van der Waals surface area contributed by atoms with E-state index in [0.29, 0.717) is 55.1 Å². The van der Waals surface area contributed by atoms with Crippen molar-refractivity contribution in [3.05, 3.63) is 36.4 Å². The lowest BCUT2D eigenvalue weighted by Gasteiger charge is -2.21. The number of anilines is 1. The molecule has 0 saturated heterocycles. The van der Waals surface area contributed by atoms with Gasteiger partial charge in [0.15, 0.2) is 17.3 Å². The predicted molar refractivity (Wildman–Crippen MR) is 130 cm³/mol. The van der Waals surface area contributed by atoms with Crippen LogP contribution in [0.25, 0.3) is 0 Å². The van der Waals surface area contributed by atoms with Gasteiger partial charge in [-0.2, -0.15) is 10.2 Å². The molecule has 0 aliphatic carbocycles. The third kappa shape index (κ3) is 7.08. The van der Waals surface area contributed by atoms with Crippen molar-refractivity contribution in [3.8, 4) is 23.0 Å². The number of hydrogen-bond donors (Lipinski definition) is 0. The van der Waals surface area contributed by atoms with E-state index in [4.69, 9.17) is 30.7 Å². The Kier molecular flexibility index (Phi) is 10.6. The lowest BCUT2D eigenvalue weighted by molar-refractivity contribution is -0.126. The Balaban J connectivity index is 2.37. The van der Waals surface area contributed by atoms with Crippen LogP contribution >= 0.6 is 11.8 Å². The van der Waals surface area contributed by atoms with Gasteiger partial charge in [-0.1, -0.05) is 6.07 Å². The first-order valence-electron chi connectivity index (χ1n) is 11.1. The molecule has 2 rings (SSSR count). The number of ketones is 1. The van der Waals surface area contributed by atoms with E-state index in [1.165, 1.54) is 6.92 Å². The van der Waals surface area contributed by atoms with Crippen LogP contribution in [0.5, 0.6) is 23.0 Å². The number of ether oxygens (including phenoxy) is 4. The van der Waals surface area contributed by atoms with Gasteiger partial charge in [-0.3, -0.25) is 9.59 Å². The van der Waals surface area contributed by atoms with E-state index in [1.54, 1.807) is 43.3 Å². The number of halogens is 1. The van der Waals surface area contributed by atoms with E-state index in [9.17, 15) is 9.59 Å². The van der Waals surface area contributed by atoms with E-state index < -0.39 is 17.7 Å². The fourth-order valence-electron chi connectivity index (χ4n) is 2.99. The Labute approximate surface area is 204 Å². The van der Waals surface area contributed by atoms with Gasteiger partial charge in [-0.15, -0.1) is 0 Å². The highest BCUT2D eigenvalue weighted by atomic mass is 35.5. The maximum atomic E-state index is 13.1. The van der Waals surface area contributed by atoms with Crippen molar-refractivity contribution in [1.29, 1.82) is 0 Å². The molecule has 0 bridgehead atoms. The van der Waals surface area contributed by atoms with Crippen molar-refractivity contribution in [2.45, 2.75) is 40.7 Å². The van der Waals surface area contributed by atoms with Crippen LogP contribution in [0.2, 0.25) is 0 Å². The molecule has 10 heteroatoms. The summed E-state index contributed by atoms with van der Waals surface area (Å²) in [7, 11) is 0. The first kappa shape index (κ1) is 26.9. The number of benzene rings is 2. The van der Waals surface area contributed by atoms with Crippen molar-refractivity contribution in [3.63, 3.8) is 0 Å². The van der Waals surface area contributed by atoms with Crippen LogP contribution < -0.4 is 23.4 Å². The molecule has 1 unspecified atom stereocenters. The molecule has 1 amide bonds. The average Bonchev–Trinajstić information content (AvgIpc) is 2.80. The van der Waals surface area contributed by atoms with Crippen molar-refractivity contribution < 1.29 is 28.5 Å². The first-order chi connectivity index (χ1) is 16.4. The molecular weight excluding hydrogens is 462 g/mol. The van der Waals surface area contributed by atoms with E-state index in [0.717, 1.165) is 4.42 Å². The summed E-state index contributed by atoms with van der Waals surface area (Å²) in [6.07, 6.45) is 0. The van der Waals surface area contributed by atoms with Gasteiger partial charge in [0.1, 0.15) is 17.2 Å². The largest absolute Gasteiger partial charge is 0.494 e. The Morgan fingerprint density at radius 1 is 0.912 bits per heavy atom. The molecule has 0 aliphatic rings. The Hall–Kier alpha value is -3.33. The topological polar surface area (TPSA) is 99.0 Å². The molecule has 0 saturated carbocycles. The zero-order valence-electron chi connectivity index (χ0n) is 20.0. The molecule has 0 aromatic heterocycles. The van der Waals surface area contributed by atoms with Crippen molar-refractivity contribution in [2.75, 3.05) is 30.8 Å². The minimum absolute atomic E-state index is 0.234. The molecule has 0 fully saturated rings. The zero-order valence-corrected chi connectivity index (χ0v) is 20.8. The van der Waals surface area contributed by atoms with E-state index >= 15 is 0 Å². The molecule has 2 aromatic rings. The molecule has 184 valence electrons. The minimum Gasteiger partial charge on any atom is -0.494 e. The van der Waals surface area contributed by atoms with Crippen molar-refractivity contribution in [2.24, 2.45) is 10.2 Å². The number of carbonyl (C=O) groups is 2. The van der Waals surface area contributed by atoms with Crippen LogP contribution in [0, 0.1) is 0 Å². The Bertz CT molecular complexity index is 990. The van der Waals surface area contributed by atoms with Crippen LogP contribution in [0.1, 0.15) is 34.6 Å². The van der Waals surface area contributed by atoms with Crippen LogP contribution in [0.15, 0.2) is 46.6 Å². The molecule has 0 aliphatic heterocycles. The Morgan fingerprint density at radius 3 is 2.03 bits per heavy atom. The van der Waals surface area contributed by atoms with Crippen molar-refractivity contribution in [1.82, 2.24) is 0 Å². The number of carbonyl (C=O) groups excluding carboxylic acids is 2. The highest BCUT2D eigenvalue weighted by molar-refractivity contribution is 6.39. The van der Waals surface area contributed by atoms with Gasteiger partial charge >= 0.3 is 0 Å². The second kappa shape index (κ2) is 13.4. The third-order valence-electron chi connectivity index (χ3n) is 4.35. The van der Waals surface area contributed by atoms with Gasteiger partial charge < -0.3 is 18.9 Å². The van der Waals surface area contributed by atoms with Gasteiger partial charge in [0.2, 0.25) is 6.04 Å². The fourth-order valence-corrected chi connectivity index (χ4v) is 3.21. The second-order valence-corrected chi connectivity index (χ2v) is 7.18. The number of para-hydroxylation sites is 1. The number of hydrogen-bond acceptors (Lipinski definition) is 8. The number of azo groups is 1. The monoisotopic (exact) mass is 491 g/mol. The number of Topliss-reactive ketones (excluding diaryl/α,β-unsaturated/α-hetero) is 1. The summed E-state index contributed by atoms with van der Waals surface area (Å²) >= 11 is 6.38. The zero-order chi connectivity index (χ0) is 25.1. The summed E-state index contributed by atoms with van der Waals surface area (Å²) < 4.78 is 23.1. The second-order valence-electron chi connectivity index (χ2n) is 6.85. The van der Waals surface area contributed by atoms with Crippen LogP contribution in [0.3, 0.4) is 0 Å². The smallest absolute Gasteiger partial charge is 0.276 e. The summed E-state index contributed by atoms with van der Waals surface area (Å²) in [5.41, 5.74) is 0.598. The fraction of sp³-hybridized carbons (Fsp3) is 0.417. The number of rotatable bonds is 13. The van der Waals surface area contributed by atoms with Gasteiger partial charge in [0.25, 0.3) is 5.91 Å². The molecular formula is C24H30ClN3O6. The number of nitrogens with zero attached hydrogens (tertiary/aromatic N) is 3. The molecule has 0 N–H and O–H groups in total. The SMILES string of the molecule is CCOc1cc(N=NC(C(C)=O)C(=O)N(Cl)c2cccc(OCC)c2OCC)cc(OCC)c1. The van der Waals surface area contributed by atoms with E-state index in [1.807, 2.05) is 20.8 Å². The van der Waals surface area contributed by atoms with Crippen LogP contribution in [-0.4, -0.2) is 44.2 Å². The molecule has 1 atom stereocenters. The van der Waals surface area contributed by atoms with E-state index in [-0.39, 0.29) is 5.69 Å². The summed E-state index contributed by atoms with van der Waals surface area (Å²) in [4.78, 5) is 25.4. The molecule has 34 heavy (non-hydrogen) atoms. The van der Waals surface area contributed by atoms with Crippen molar-refractivity contribution >= 4 is 34.8 Å². The molecule has 9 nitrogen and oxygen atoms in total. The third-order valence-corrected chi connectivity index (χ3v) is 4.69. The maximum Gasteiger partial charge on any atom is 0.276 e. The summed E-state index contributed by atoms with van der Waals surface area (Å²) in [6, 6.07) is 8.49. The van der Waals surface area contributed by atoms with E-state index in [2.05, 4.69) is 10.2 Å². The van der Waals surface area contributed by atoms with Gasteiger partial charge in [-0.05, 0) is 46.8 Å². The quantitative estimate of drug-likeness (QED) is 0.208. The minimum atomic E-state index is -1.46. The van der Waals surface area contributed by atoms with Crippen LogP contribution in [0.4, 0.5) is 11.4 Å². The van der Waals surface area contributed by atoms with Gasteiger partial charge in [0.05, 0.1) is 32.1 Å². The standard InChI is InChI=1S/C24H30ClN3O6/c1-6-31-18-13-17(14-19(15-18)32-7-2)26-27-22(16(5)29)24(30)28(25)20-11-10-12-21(33-8-3)23(20)34-9-4/h10-15,22H,6-9H2,1-5H3. The molecule has 0 spiro atoms. The summed E-state index contributed by atoms with van der Waals surface area (Å²) in [5.74, 6) is 0.475. The predicted octanol–water partition coefficient (Wildman–Crippen LogP) is 5.51. The highest BCUT2D eigenvalue weighted by Gasteiger charge is 2.31. The number of amides is 1. The lowest BCUT2D eigenvalue weighted by Crippen LogP contribution is -2.36. The molecule has 2 aromatic carbocycles. The van der Waals surface area contributed by atoms with Gasteiger partial charge in [-0.25, -0.2) is 4.42 Å². The summed E-state index contributed by atoms with van der Waals surface area (Å²) in [6.45, 7) is 10.2.